The number of rotatable bonds is 3. The van der Waals surface area contributed by atoms with Crippen molar-refractivity contribution in [3.8, 4) is 0 Å². The van der Waals surface area contributed by atoms with Crippen molar-refractivity contribution < 1.29 is 9.53 Å². The molecule has 1 aromatic heterocycles. The number of hydrogen-bond acceptors (Lipinski definition) is 5. The normalized spacial score (nSPS) is 24.2. The van der Waals surface area contributed by atoms with Gasteiger partial charge in [-0.15, -0.1) is 12.6 Å². The summed E-state index contributed by atoms with van der Waals surface area (Å²) in [6.45, 7) is 3.41. The zero-order valence-corrected chi connectivity index (χ0v) is 14.1. The molecule has 6 nitrogen and oxygen atoms in total. The molecule has 2 aliphatic heterocycles. The fourth-order valence-corrected chi connectivity index (χ4v) is 3.62. The number of piperidine rings is 1. The number of thiol groups is 1. The van der Waals surface area contributed by atoms with Crippen LogP contribution in [0.15, 0.2) is 24.5 Å². The molecule has 1 N–H and O–H groups in total. The maximum atomic E-state index is 12.4. The van der Waals surface area contributed by atoms with Crippen molar-refractivity contribution >= 4 is 18.7 Å². The number of likely N-dealkylation sites (tertiary alicyclic amines) is 1. The van der Waals surface area contributed by atoms with Crippen LogP contribution >= 0.6 is 12.6 Å². The second kappa shape index (κ2) is 7.99. The van der Waals surface area contributed by atoms with Crippen LogP contribution in [-0.4, -0.2) is 59.2 Å². The first-order valence-corrected chi connectivity index (χ1v) is 8.74. The van der Waals surface area contributed by atoms with E-state index in [1.165, 1.54) is 12.0 Å². The number of morpholine rings is 1. The third kappa shape index (κ3) is 4.16. The fourth-order valence-electron chi connectivity index (χ4n) is 3.23. The average molecular weight is 336 g/mol. The lowest BCUT2D eigenvalue weighted by molar-refractivity contribution is 0.0494. The molecule has 0 aromatic carbocycles. The number of urea groups is 1. The molecule has 2 saturated heterocycles. The van der Waals surface area contributed by atoms with Gasteiger partial charge < -0.3 is 15.0 Å². The Balaban J connectivity index is 1.64. The molecule has 3 heterocycles. The molecular weight excluding hydrogens is 312 g/mol. The number of pyridine rings is 1. The molecular formula is C16H24N4O2S. The van der Waals surface area contributed by atoms with E-state index in [9.17, 15) is 4.79 Å². The van der Waals surface area contributed by atoms with E-state index in [1.807, 2.05) is 12.3 Å². The maximum absolute atomic E-state index is 12.4. The second-order valence-electron chi connectivity index (χ2n) is 5.96. The van der Waals surface area contributed by atoms with Crippen LogP contribution in [0.2, 0.25) is 0 Å². The summed E-state index contributed by atoms with van der Waals surface area (Å²) < 4.78 is 5.29. The van der Waals surface area contributed by atoms with Gasteiger partial charge in [0.15, 0.2) is 0 Å². The molecule has 2 unspecified atom stereocenters. The topological polar surface area (TPSA) is 57.7 Å². The van der Waals surface area contributed by atoms with E-state index in [0.29, 0.717) is 26.3 Å². The monoisotopic (exact) mass is 336 g/mol. The maximum Gasteiger partial charge on any atom is 0.319 e. The highest BCUT2D eigenvalue weighted by Gasteiger charge is 2.30. The molecule has 1 aromatic rings. The van der Waals surface area contributed by atoms with Gasteiger partial charge in [0.05, 0.1) is 13.2 Å². The molecule has 0 spiro atoms. The van der Waals surface area contributed by atoms with E-state index >= 15 is 0 Å². The standard InChI is InChI=1S/C16H24N4O2S/c21-15(19-8-10-22-11-9-19)18-16(23)20-7-2-1-5-14(20)13-4-3-6-17-12-13/h3-4,6,12,14,16,23H,1-2,5,7-11H2,(H,18,21). The summed E-state index contributed by atoms with van der Waals surface area (Å²) in [6, 6.07) is 4.25. The fraction of sp³-hybridized carbons (Fsp3) is 0.625. The van der Waals surface area contributed by atoms with Gasteiger partial charge in [-0.1, -0.05) is 12.5 Å². The van der Waals surface area contributed by atoms with E-state index in [1.54, 1.807) is 11.1 Å². The lowest BCUT2D eigenvalue weighted by atomic mass is 9.97. The largest absolute Gasteiger partial charge is 0.378 e. The van der Waals surface area contributed by atoms with Gasteiger partial charge >= 0.3 is 6.03 Å². The van der Waals surface area contributed by atoms with Crippen molar-refractivity contribution in [2.24, 2.45) is 0 Å². The molecule has 0 aliphatic carbocycles. The van der Waals surface area contributed by atoms with Crippen molar-refractivity contribution in [3.05, 3.63) is 30.1 Å². The highest BCUT2D eigenvalue weighted by molar-refractivity contribution is 7.80. The van der Waals surface area contributed by atoms with Gasteiger partial charge in [0.1, 0.15) is 5.50 Å². The molecule has 7 heteroatoms. The van der Waals surface area contributed by atoms with Crippen molar-refractivity contribution in [3.63, 3.8) is 0 Å². The molecule has 3 rings (SSSR count). The Morgan fingerprint density at radius 3 is 2.91 bits per heavy atom. The zero-order chi connectivity index (χ0) is 16.1. The van der Waals surface area contributed by atoms with Crippen LogP contribution < -0.4 is 5.32 Å². The van der Waals surface area contributed by atoms with Gasteiger partial charge in [-0.05, 0) is 24.5 Å². The highest BCUT2D eigenvalue weighted by Crippen LogP contribution is 2.32. The first kappa shape index (κ1) is 16.5. The molecule has 2 atom stereocenters. The Morgan fingerprint density at radius 2 is 2.17 bits per heavy atom. The lowest BCUT2D eigenvalue weighted by Gasteiger charge is -2.40. The van der Waals surface area contributed by atoms with E-state index in [-0.39, 0.29) is 17.6 Å². The first-order valence-electron chi connectivity index (χ1n) is 8.22. The Morgan fingerprint density at radius 1 is 1.35 bits per heavy atom. The zero-order valence-electron chi connectivity index (χ0n) is 13.2. The number of amides is 2. The second-order valence-corrected chi connectivity index (χ2v) is 6.45. The van der Waals surface area contributed by atoms with Crippen LogP contribution in [0.5, 0.6) is 0 Å². The lowest BCUT2D eigenvalue weighted by Crippen LogP contribution is -2.53. The number of carbonyl (C=O) groups is 1. The van der Waals surface area contributed by atoms with Gasteiger partial charge in [-0.2, -0.15) is 0 Å². The smallest absolute Gasteiger partial charge is 0.319 e. The summed E-state index contributed by atoms with van der Waals surface area (Å²) in [5, 5.41) is 3.02. The molecule has 0 radical (unpaired) electrons. The minimum absolute atomic E-state index is 0.0659. The van der Waals surface area contributed by atoms with Crippen molar-refractivity contribution in [2.75, 3.05) is 32.8 Å². The van der Waals surface area contributed by atoms with Gasteiger partial charge in [-0.25, -0.2) is 4.79 Å². The minimum atomic E-state index is -0.296. The summed E-state index contributed by atoms with van der Waals surface area (Å²) in [7, 11) is 0. The van der Waals surface area contributed by atoms with Gasteiger partial charge in [0, 0.05) is 38.1 Å². The molecule has 2 amide bonds. The number of ether oxygens (including phenoxy) is 1. The molecule has 2 fully saturated rings. The van der Waals surface area contributed by atoms with Crippen LogP contribution in [0.4, 0.5) is 4.79 Å². The quantitative estimate of drug-likeness (QED) is 0.653. The summed E-state index contributed by atoms with van der Waals surface area (Å²) in [6.07, 6.45) is 7.08. The molecule has 0 bridgehead atoms. The van der Waals surface area contributed by atoms with E-state index in [2.05, 4.69) is 33.9 Å². The predicted molar refractivity (Wildman–Crippen MR) is 91.2 cm³/mol. The summed E-state index contributed by atoms with van der Waals surface area (Å²) >= 11 is 4.66. The van der Waals surface area contributed by atoms with Gasteiger partial charge in [-0.3, -0.25) is 9.88 Å². The Kier molecular flexibility index (Phi) is 5.75. The van der Waals surface area contributed by atoms with Crippen LogP contribution in [0.25, 0.3) is 0 Å². The van der Waals surface area contributed by atoms with E-state index < -0.39 is 0 Å². The number of hydrogen-bond donors (Lipinski definition) is 2. The SMILES string of the molecule is O=C(NC(S)N1CCCCC1c1cccnc1)N1CCOCC1. The number of aromatic nitrogens is 1. The number of nitrogens with one attached hydrogen (secondary N) is 1. The van der Waals surface area contributed by atoms with Crippen molar-refractivity contribution in [2.45, 2.75) is 30.8 Å². The van der Waals surface area contributed by atoms with Crippen molar-refractivity contribution in [1.82, 2.24) is 20.1 Å². The van der Waals surface area contributed by atoms with E-state index in [0.717, 1.165) is 19.4 Å². The van der Waals surface area contributed by atoms with Gasteiger partial charge in [0.25, 0.3) is 0 Å². The van der Waals surface area contributed by atoms with Gasteiger partial charge in [0.2, 0.25) is 0 Å². The van der Waals surface area contributed by atoms with E-state index in [4.69, 9.17) is 4.74 Å². The number of carbonyl (C=O) groups excluding carboxylic acids is 1. The first-order chi connectivity index (χ1) is 11.3. The highest BCUT2D eigenvalue weighted by atomic mass is 32.1. The Bertz CT molecular complexity index is 510. The third-order valence-electron chi connectivity index (χ3n) is 4.48. The van der Waals surface area contributed by atoms with Crippen molar-refractivity contribution in [1.29, 1.82) is 0 Å². The predicted octanol–water partition coefficient (Wildman–Crippen LogP) is 1.86. The third-order valence-corrected chi connectivity index (χ3v) is 4.90. The van der Waals surface area contributed by atoms with Crippen LogP contribution in [-0.2, 0) is 4.74 Å². The Labute approximate surface area is 142 Å². The minimum Gasteiger partial charge on any atom is -0.378 e. The Hall–Kier alpha value is -1.31. The number of nitrogens with zero attached hydrogens (tertiary/aromatic N) is 3. The summed E-state index contributed by atoms with van der Waals surface area (Å²) in [5.41, 5.74) is 0.891. The molecule has 126 valence electrons. The molecule has 23 heavy (non-hydrogen) atoms. The summed E-state index contributed by atoms with van der Waals surface area (Å²) in [5.74, 6) is 0. The molecule has 2 aliphatic rings. The van der Waals surface area contributed by atoms with Crippen LogP contribution in [0.1, 0.15) is 30.9 Å². The summed E-state index contributed by atoms with van der Waals surface area (Å²) in [4.78, 5) is 20.6. The average Bonchev–Trinajstić information content (AvgIpc) is 2.63. The van der Waals surface area contributed by atoms with Crippen LogP contribution in [0, 0.1) is 0 Å². The van der Waals surface area contributed by atoms with Crippen LogP contribution in [0.3, 0.4) is 0 Å². The molecule has 0 saturated carbocycles.